The summed E-state index contributed by atoms with van der Waals surface area (Å²) in [6.07, 6.45) is 1.05. The molecule has 0 rings (SSSR count). The summed E-state index contributed by atoms with van der Waals surface area (Å²) in [4.78, 5) is 10.2. The van der Waals surface area contributed by atoms with Crippen LogP contribution in [0.4, 0.5) is 0 Å². The zero-order chi connectivity index (χ0) is 6.41. The number of ether oxygens (including phenoxy) is 1. The molecular formula is C4H9N2O2+. The number of esters is 1. The highest BCUT2D eigenvalue weighted by atomic mass is 16.5. The van der Waals surface area contributed by atoms with E-state index in [0.717, 1.165) is 6.21 Å². The molecule has 0 bridgehead atoms. The number of nitrogens with one attached hydrogen (secondary N) is 1. The van der Waals surface area contributed by atoms with Crippen LogP contribution in [0.5, 0.6) is 0 Å². The van der Waals surface area contributed by atoms with Crippen LogP contribution in [0.25, 0.3) is 0 Å². The highest BCUT2D eigenvalue weighted by Gasteiger charge is 1.96. The Morgan fingerprint density at radius 3 is 3.00 bits per heavy atom. The maximum atomic E-state index is 10.2. The SMILES string of the molecule is CCOC(=O)C=[NH+]N. The third-order valence-corrected chi connectivity index (χ3v) is 0.488. The van der Waals surface area contributed by atoms with Crippen molar-refractivity contribution in [1.29, 1.82) is 0 Å². The fraction of sp³-hybridized carbons (Fsp3) is 0.500. The molecule has 0 unspecified atom stereocenters. The Kier molecular flexibility index (Phi) is 3.56. The summed E-state index contributed by atoms with van der Waals surface area (Å²) in [6, 6.07) is 0. The first-order chi connectivity index (χ1) is 3.81. The molecule has 0 aliphatic heterocycles. The van der Waals surface area contributed by atoms with Crippen molar-refractivity contribution in [2.24, 2.45) is 5.84 Å². The van der Waals surface area contributed by atoms with Gasteiger partial charge in [0.2, 0.25) is 0 Å². The lowest BCUT2D eigenvalue weighted by Gasteiger charge is -1.88. The Hall–Kier alpha value is -1.06. The number of hydrogen-bond acceptors (Lipinski definition) is 3. The third kappa shape index (κ3) is 3.14. The van der Waals surface area contributed by atoms with Gasteiger partial charge in [-0.25, -0.2) is 10.6 Å². The molecule has 0 aromatic carbocycles. The Morgan fingerprint density at radius 2 is 2.62 bits per heavy atom. The van der Waals surface area contributed by atoms with Crippen molar-refractivity contribution in [1.82, 2.24) is 0 Å². The molecule has 0 spiro atoms. The normalized spacial score (nSPS) is 9.62. The predicted molar refractivity (Wildman–Crippen MR) is 27.8 cm³/mol. The van der Waals surface area contributed by atoms with Crippen LogP contribution in [0.2, 0.25) is 0 Å². The number of carbonyl (C=O) groups excluding carboxylic acids is 1. The molecule has 0 fully saturated rings. The van der Waals surface area contributed by atoms with Gasteiger partial charge in [0.25, 0.3) is 6.21 Å². The summed E-state index contributed by atoms with van der Waals surface area (Å²) in [5.74, 6) is 4.30. The summed E-state index contributed by atoms with van der Waals surface area (Å²) in [5.41, 5.74) is 0. The molecule has 46 valence electrons. The van der Waals surface area contributed by atoms with Gasteiger partial charge in [0, 0.05) is 0 Å². The van der Waals surface area contributed by atoms with Crippen molar-refractivity contribution < 1.29 is 14.6 Å². The van der Waals surface area contributed by atoms with Crippen LogP contribution in [-0.4, -0.2) is 18.8 Å². The summed E-state index contributed by atoms with van der Waals surface area (Å²) >= 11 is 0. The van der Waals surface area contributed by atoms with E-state index in [9.17, 15) is 4.79 Å². The lowest BCUT2D eigenvalue weighted by Crippen LogP contribution is -2.77. The molecule has 0 radical (unpaired) electrons. The van der Waals surface area contributed by atoms with E-state index >= 15 is 0 Å². The van der Waals surface area contributed by atoms with E-state index in [4.69, 9.17) is 5.84 Å². The Balaban J connectivity index is 3.33. The first-order valence-electron chi connectivity index (χ1n) is 2.27. The van der Waals surface area contributed by atoms with Crippen molar-refractivity contribution in [3.05, 3.63) is 0 Å². The second-order valence-corrected chi connectivity index (χ2v) is 1.06. The summed E-state index contributed by atoms with van der Waals surface area (Å²) in [5, 5.41) is 2.05. The van der Waals surface area contributed by atoms with Crippen LogP contribution < -0.4 is 10.9 Å². The Bertz CT molecular complexity index is 100. The van der Waals surface area contributed by atoms with Crippen molar-refractivity contribution in [3.8, 4) is 0 Å². The lowest BCUT2D eigenvalue weighted by molar-refractivity contribution is -0.463. The van der Waals surface area contributed by atoms with Crippen molar-refractivity contribution in [3.63, 3.8) is 0 Å². The Labute approximate surface area is 47.3 Å². The molecule has 4 heteroatoms. The van der Waals surface area contributed by atoms with Gasteiger partial charge in [0.15, 0.2) is 0 Å². The maximum absolute atomic E-state index is 10.2. The van der Waals surface area contributed by atoms with E-state index in [0.29, 0.717) is 6.61 Å². The molecule has 4 nitrogen and oxygen atoms in total. The minimum Gasteiger partial charge on any atom is -0.458 e. The van der Waals surface area contributed by atoms with Crippen LogP contribution in [-0.2, 0) is 9.53 Å². The van der Waals surface area contributed by atoms with Gasteiger partial charge >= 0.3 is 5.97 Å². The third-order valence-electron chi connectivity index (χ3n) is 0.488. The first-order valence-corrected chi connectivity index (χ1v) is 2.27. The smallest absolute Gasteiger partial charge is 0.397 e. The fourth-order valence-electron chi connectivity index (χ4n) is 0.252. The summed E-state index contributed by atoms with van der Waals surface area (Å²) < 4.78 is 4.45. The molecule has 0 aliphatic carbocycles. The van der Waals surface area contributed by atoms with Crippen LogP contribution in [0, 0.1) is 0 Å². The second kappa shape index (κ2) is 4.11. The molecule has 0 saturated carbocycles. The second-order valence-electron chi connectivity index (χ2n) is 1.06. The van der Waals surface area contributed by atoms with E-state index in [2.05, 4.69) is 9.84 Å². The predicted octanol–water partition coefficient (Wildman–Crippen LogP) is -2.43. The average molecular weight is 117 g/mol. The van der Waals surface area contributed by atoms with Gasteiger partial charge in [-0.05, 0) is 6.92 Å². The van der Waals surface area contributed by atoms with E-state index in [1.165, 1.54) is 0 Å². The monoisotopic (exact) mass is 117 g/mol. The van der Waals surface area contributed by atoms with E-state index < -0.39 is 5.97 Å². The van der Waals surface area contributed by atoms with Gasteiger partial charge in [-0.3, -0.25) is 0 Å². The van der Waals surface area contributed by atoms with E-state index in [-0.39, 0.29) is 0 Å². The maximum Gasteiger partial charge on any atom is 0.397 e. The molecule has 0 atom stereocenters. The van der Waals surface area contributed by atoms with Gasteiger partial charge in [-0.2, -0.15) is 0 Å². The molecule has 8 heavy (non-hydrogen) atoms. The van der Waals surface area contributed by atoms with Crippen molar-refractivity contribution >= 4 is 12.2 Å². The minimum absolute atomic E-state index is 0.372. The standard InChI is InChI=1S/C4H8N2O2/c1-2-8-4(7)3-6-5/h3H,2,5H2,1H3/p+1. The molecular weight excluding hydrogens is 108 g/mol. The highest BCUT2D eigenvalue weighted by Crippen LogP contribution is 1.67. The van der Waals surface area contributed by atoms with Crippen LogP contribution in [0.1, 0.15) is 6.92 Å². The van der Waals surface area contributed by atoms with Crippen LogP contribution in [0.15, 0.2) is 0 Å². The van der Waals surface area contributed by atoms with E-state index in [1.54, 1.807) is 6.92 Å². The van der Waals surface area contributed by atoms with Gasteiger partial charge in [0.1, 0.15) is 0 Å². The molecule has 3 N–H and O–H groups in total. The average Bonchev–Trinajstić information content (AvgIpc) is 1.68. The summed E-state index contributed by atoms with van der Waals surface area (Å²) in [6.45, 7) is 2.10. The van der Waals surface area contributed by atoms with Crippen LogP contribution in [0.3, 0.4) is 0 Å². The quantitative estimate of drug-likeness (QED) is 0.183. The molecule has 0 aliphatic rings. The number of nitrogens with two attached hydrogens (primary N) is 1. The molecule has 0 aromatic heterocycles. The van der Waals surface area contributed by atoms with Crippen molar-refractivity contribution in [2.75, 3.05) is 6.61 Å². The Morgan fingerprint density at radius 1 is 2.00 bits per heavy atom. The minimum atomic E-state index is -0.449. The topological polar surface area (TPSA) is 66.3 Å². The molecule has 0 aromatic rings. The zero-order valence-corrected chi connectivity index (χ0v) is 4.68. The molecule has 0 heterocycles. The van der Waals surface area contributed by atoms with Gasteiger partial charge in [-0.1, -0.05) is 0 Å². The van der Waals surface area contributed by atoms with Crippen LogP contribution >= 0.6 is 0 Å². The summed E-state index contributed by atoms with van der Waals surface area (Å²) in [7, 11) is 0. The number of hydrazine groups is 1. The largest absolute Gasteiger partial charge is 0.458 e. The van der Waals surface area contributed by atoms with Gasteiger partial charge in [-0.15, -0.1) is 5.10 Å². The molecule has 0 amide bonds. The molecule has 0 saturated heterocycles. The zero-order valence-electron chi connectivity index (χ0n) is 4.68. The number of hydrogen-bond donors (Lipinski definition) is 2. The number of carbonyl (C=O) groups is 1. The van der Waals surface area contributed by atoms with Crippen molar-refractivity contribution in [2.45, 2.75) is 6.92 Å². The lowest BCUT2D eigenvalue weighted by atomic mass is 10.7. The number of rotatable bonds is 2. The van der Waals surface area contributed by atoms with Gasteiger partial charge in [0.05, 0.1) is 6.61 Å². The van der Waals surface area contributed by atoms with E-state index in [1.807, 2.05) is 0 Å². The number of hydrazone groups is 1. The fourth-order valence-corrected chi connectivity index (χ4v) is 0.252. The highest BCUT2D eigenvalue weighted by molar-refractivity contribution is 6.20. The van der Waals surface area contributed by atoms with Gasteiger partial charge < -0.3 is 4.74 Å². The first kappa shape index (κ1) is 6.94.